The number of benzene rings is 1. The average molecular weight is 355 g/mol. The molecule has 0 aromatic heterocycles. The van der Waals surface area contributed by atoms with E-state index in [2.05, 4.69) is 10.6 Å². The first kappa shape index (κ1) is 18.9. The van der Waals surface area contributed by atoms with Crippen LogP contribution in [0.3, 0.4) is 0 Å². The lowest BCUT2D eigenvalue weighted by Gasteiger charge is -2.37. The number of carbonyl (C=O) groups is 1. The molecule has 0 saturated carbocycles. The van der Waals surface area contributed by atoms with E-state index >= 15 is 0 Å². The Hall–Kier alpha value is -1.48. The Morgan fingerprint density at radius 1 is 1.29 bits per heavy atom. The van der Waals surface area contributed by atoms with E-state index in [4.69, 9.17) is 9.88 Å². The molecule has 1 heterocycles. The SMILES string of the molecule is COCC1(CNC(=O)c2ccc(CS(N)(=O)=O)cc2)CCNCC1. The van der Waals surface area contributed by atoms with Gasteiger partial charge in [-0.3, -0.25) is 4.79 Å². The van der Waals surface area contributed by atoms with Crippen molar-refractivity contribution in [3.05, 3.63) is 35.4 Å². The zero-order valence-electron chi connectivity index (χ0n) is 13.9. The molecule has 24 heavy (non-hydrogen) atoms. The lowest BCUT2D eigenvalue weighted by molar-refractivity contribution is 0.0512. The minimum Gasteiger partial charge on any atom is -0.384 e. The molecule has 7 nitrogen and oxygen atoms in total. The summed E-state index contributed by atoms with van der Waals surface area (Å²) >= 11 is 0. The topological polar surface area (TPSA) is 111 Å². The first-order chi connectivity index (χ1) is 11.3. The standard InChI is InChI=1S/C16H25N3O4S/c1-23-12-16(6-8-18-9-7-16)11-19-15(20)14-4-2-13(3-5-14)10-24(17,21)22/h2-5,18H,6-12H2,1H3,(H,19,20)(H2,17,21,22). The quantitative estimate of drug-likeness (QED) is 0.648. The molecular formula is C16H25N3O4S. The molecule has 0 bridgehead atoms. The van der Waals surface area contributed by atoms with Crippen molar-refractivity contribution in [3.8, 4) is 0 Å². The number of hydrogen-bond donors (Lipinski definition) is 3. The van der Waals surface area contributed by atoms with Gasteiger partial charge in [-0.05, 0) is 43.6 Å². The summed E-state index contributed by atoms with van der Waals surface area (Å²) in [4.78, 5) is 12.3. The van der Waals surface area contributed by atoms with Crippen molar-refractivity contribution in [2.75, 3.05) is 33.4 Å². The predicted molar refractivity (Wildman–Crippen MR) is 92.0 cm³/mol. The van der Waals surface area contributed by atoms with Gasteiger partial charge in [-0.15, -0.1) is 0 Å². The lowest BCUT2D eigenvalue weighted by atomic mass is 9.79. The predicted octanol–water partition coefficient (Wildman–Crippen LogP) is 0.221. The summed E-state index contributed by atoms with van der Waals surface area (Å²) in [5.74, 6) is -0.412. The molecule has 0 atom stereocenters. The second-order valence-electron chi connectivity index (χ2n) is 6.37. The van der Waals surface area contributed by atoms with E-state index in [-0.39, 0.29) is 17.1 Å². The van der Waals surface area contributed by atoms with E-state index in [1.807, 2.05) is 0 Å². The van der Waals surface area contributed by atoms with E-state index in [0.717, 1.165) is 25.9 Å². The smallest absolute Gasteiger partial charge is 0.251 e. The summed E-state index contributed by atoms with van der Waals surface area (Å²) < 4.78 is 27.5. The maximum atomic E-state index is 12.3. The van der Waals surface area contributed by atoms with Crippen LogP contribution in [0.2, 0.25) is 0 Å². The molecule has 2 rings (SSSR count). The molecule has 134 valence electrons. The van der Waals surface area contributed by atoms with E-state index in [9.17, 15) is 13.2 Å². The summed E-state index contributed by atoms with van der Waals surface area (Å²) in [6.45, 7) is 3.01. The van der Waals surface area contributed by atoms with Gasteiger partial charge in [-0.1, -0.05) is 12.1 Å². The molecule has 1 fully saturated rings. The highest BCUT2D eigenvalue weighted by Gasteiger charge is 2.32. The molecule has 1 aromatic carbocycles. The third kappa shape index (κ3) is 5.55. The van der Waals surface area contributed by atoms with Crippen LogP contribution in [0.1, 0.15) is 28.8 Å². The molecule has 1 aromatic rings. The molecule has 1 aliphatic heterocycles. The van der Waals surface area contributed by atoms with Crippen LogP contribution in [0.4, 0.5) is 0 Å². The maximum absolute atomic E-state index is 12.3. The zero-order chi connectivity index (χ0) is 17.6. The number of sulfonamides is 1. The third-order valence-electron chi connectivity index (χ3n) is 4.32. The number of ether oxygens (including phenoxy) is 1. The van der Waals surface area contributed by atoms with Crippen LogP contribution in [-0.4, -0.2) is 47.7 Å². The van der Waals surface area contributed by atoms with Crippen LogP contribution in [-0.2, 0) is 20.5 Å². The Labute approximate surface area is 143 Å². The molecule has 4 N–H and O–H groups in total. The number of methoxy groups -OCH3 is 1. The van der Waals surface area contributed by atoms with Gasteiger partial charge in [0.15, 0.2) is 0 Å². The van der Waals surface area contributed by atoms with Gasteiger partial charge in [0.2, 0.25) is 10.0 Å². The van der Waals surface area contributed by atoms with Crippen molar-refractivity contribution in [3.63, 3.8) is 0 Å². The molecule has 0 aliphatic carbocycles. The summed E-state index contributed by atoms with van der Waals surface area (Å²) in [7, 11) is -1.89. The largest absolute Gasteiger partial charge is 0.384 e. The van der Waals surface area contributed by atoms with Crippen molar-refractivity contribution in [1.82, 2.24) is 10.6 Å². The van der Waals surface area contributed by atoms with Gasteiger partial charge in [0, 0.05) is 24.6 Å². The van der Waals surface area contributed by atoms with Gasteiger partial charge in [0.25, 0.3) is 5.91 Å². The average Bonchev–Trinajstić information content (AvgIpc) is 2.53. The lowest BCUT2D eigenvalue weighted by Crippen LogP contribution is -2.47. The second kappa shape index (κ2) is 8.06. The molecule has 0 radical (unpaired) electrons. The van der Waals surface area contributed by atoms with E-state index in [1.54, 1.807) is 31.4 Å². The van der Waals surface area contributed by atoms with Crippen LogP contribution in [0.5, 0.6) is 0 Å². The van der Waals surface area contributed by atoms with Gasteiger partial charge in [-0.25, -0.2) is 13.6 Å². The summed E-state index contributed by atoms with van der Waals surface area (Å²) in [5, 5.41) is 11.3. The number of carbonyl (C=O) groups excluding carboxylic acids is 1. The fraction of sp³-hybridized carbons (Fsp3) is 0.562. The molecule has 0 spiro atoms. The normalized spacial score (nSPS) is 17.4. The Morgan fingerprint density at radius 3 is 2.46 bits per heavy atom. The fourth-order valence-electron chi connectivity index (χ4n) is 2.99. The van der Waals surface area contributed by atoms with Crippen molar-refractivity contribution >= 4 is 15.9 Å². The molecule has 1 aliphatic rings. The number of nitrogens with one attached hydrogen (secondary N) is 2. The number of rotatable bonds is 7. The molecular weight excluding hydrogens is 330 g/mol. The van der Waals surface area contributed by atoms with Gasteiger partial charge in [0.1, 0.15) is 0 Å². The summed E-state index contributed by atoms with van der Waals surface area (Å²) in [6.07, 6.45) is 1.91. The number of amides is 1. The van der Waals surface area contributed by atoms with Gasteiger partial charge >= 0.3 is 0 Å². The number of nitrogens with two attached hydrogens (primary N) is 1. The highest BCUT2D eigenvalue weighted by molar-refractivity contribution is 7.88. The Balaban J connectivity index is 1.96. The van der Waals surface area contributed by atoms with Crippen LogP contribution < -0.4 is 15.8 Å². The van der Waals surface area contributed by atoms with Crippen molar-refractivity contribution in [1.29, 1.82) is 0 Å². The van der Waals surface area contributed by atoms with Crippen LogP contribution >= 0.6 is 0 Å². The van der Waals surface area contributed by atoms with Crippen molar-refractivity contribution < 1.29 is 17.9 Å². The van der Waals surface area contributed by atoms with E-state index in [0.29, 0.717) is 24.3 Å². The number of primary sulfonamides is 1. The van der Waals surface area contributed by atoms with E-state index < -0.39 is 10.0 Å². The molecule has 1 saturated heterocycles. The fourth-order valence-corrected chi connectivity index (χ4v) is 3.65. The molecule has 0 unspecified atom stereocenters. The zero-order valence-corrected chi connectivity index (χ0v) is 14.7. The van der Waals surface area contributed by atoms with Crippen LogP contribution in [0.25, 0.3) is 0 Å². The number of hydrogen-bond acceptors (Lipinski definition) is 5. The van der Waals surface area contributed by atoms with Gasteiger partial charge in [-0.2, -0.15) is 0 Å². The third-order valence-corrected chi connectivity index (χ3v) is 5.06. The first-order valence-corrected chi connectivity index (χ1v) is 9.62. The van der Waals surface area contributed by atoms with Gasteiger partial charge in [0.05, 0.1) is 12.4 Å². The first-order valence-electron chi connectivity index (χ1n) is 7.91. The highest BCUT2D eigenvalue weighted by Crippen LogP contribution is 2.28. The van der Waals surface area contributed by atoms with Gasteiger partial charge < -0.3 is 15.4 Å². The Morgan fingerprint density at radius 2 is 1.92 bits per heavy atom. The number of piperidine rings is 1. The Bertz CT molecular complexity index is 647. The summed E-state index contributed by atoms with van der Waals surface area (Å²) in [6, 6.07) is 6.44. The minimum atomic E-state index is -3.57. The monoisotopic (exact) mass is 355 g/mol. The Kier molecular flexibility index (Phi) is 6.34. The minimum absolute atomic E-state index is 0.0385. The van der Waals surface area contributed by atoms with Crippen LogP contribution in [0.15, 0.2) is 24.3 Å². The highest BCUT2D eigenvalue weighted by atomic mass is 32.2. The van der Waals surface area contributed by atoms with Crippen molar-refractivity contribution in [2.45, 2.75) is 18.6 Å². The maximum Gasteiger partial charge on any atom is 0.251 e. The second-order valence-corrected chi connectivity index (χ2v) is 7.98. The summed E-state index contributed by atoms with van der Waals surface area (Å²) in [5.41, 5.74) is 1.02. The van der Waals surface area contributed by atoms with Crippen molar-refractivity contribution in [2.24, 2.45) is 10.6 Å². The van der Waals surface area contributed by atoms with E-state index in [1.165, 1.54) is 0 Å². The molecule has 8 heteroatoms. The molecule has 1 amide bonds. The van der Waals surface area contributed by atoms with Crippen LogP contribution in [0, 0.1) is 5.41 Å².